The molecule has 1 amide bonds. The molecule has 1 heterocycles. The Bertz CT molecular complexity index is 610. The first kappa shape index (κ1) is 15.3. The number of carbonyl (C=O) groups excluding carboxylic acids is 1. The third-order valence-electron chi connectivity index (χ3n) is 3.28. The molecule has 1 unspecified atom stereocenters. The van der Waals surface area contributed by atoms with Gasteiger partial charge in [-0.2, -0.15) is 0 Å². The quantitative estimate of drug-likeness (QED) is 0.886. The van der Waals surface area contributed by atoms with E-state index in [-0.39, 0.29) is 10.8 Å². The highest BCUT2D eigenvalue weighted by molar-refractivity contribution is 7.90. The molecule has 0 radical (unpaired) electrons. The number of sulfone groups is 1. The summed E-state index contributed by atoms with van der Waals surface area (Å²) in [6, 6.07) is 4.29. The van der Waals surface area contributed by atoms with Crippen molar-refractivity contribution in [3.05, 3.63) is 23.2 Å². The van der Waals surface area contributed by atoms with Crippen LogP contribution in [-0.2, 0) is 14.6 Å². The highest BCUT2D eigenvalue weighted by atomic mass is 35.5. The van der Waals surface area contributed by atoms with E-state index in [9.17, 15) is 13.2 Å². The van der Waals surface area contributed by atoms with Crippen molar-refractivity contribution in [3.8, 4) is 0 Å². The normalized spacial score (nSPS) is 19.0. The lowest BCUT2D eigenvalue weighted by atomic mass is 10.0. The lowest BCUT2D eigenvalue weighted by Crippen LogP contribution is -2.18. The molecular formula is C13H17ClN2O3S. The number of benzene rings is 1. The van der Waals surface area contributed by atoms with Gasteiger partial charge in [0.2, 0.25) is 5.91 Å². The van der Waals surface area contributed by atoms with E-state index in [1.165, 1.54) is 18.2 Å². The second-order valence-corrected chi connectivity index (χ2v) is 7.45. The molecule has 2 N–H and O–H groups in total. The molecule has 1 aromatic rings. The fourth-order valence-electron chi connectivity index (χ4n) is 2.18. The number of hydrogen-bond acceptors (Lipinski definition) is 4. The average Bonchev–Trinajstić information content (AvgIpc) is 2.83. The summed E-state index contributed by atoms with van der Waals surface area (Å²) in [5.74, 6) is 0.179. The van der Waals surface area contributed by atoms with E-state index in [1.54, 1.807) is 0 Å². The Balaban J connectivity index is 2.09. The van der Waals surface area contributed by atoms with Gasteiger partial charge in [-0.1, -0.05) is 11.6 Å². The smallest absolute Gasteiger partial charge is 0.224 e. The van der Waals surface area contributed by atoms with Crippen LogP contribution in [-0.4, -0.2) is 33.7 Å². The third-order valence-corrected chi connectivity index (χ3v) is 4.72. The zero-order valence-corrected chi connectivity index (χ0v) is 12.7. The molecule has 1 saturated heterocycles. The molecule has 1 aromatic carbocycles. The Morgan fingerprint density at radius 2 is 2.25 bits per heavy atom. The Labute approximate surface area is 123 Å². The Morgan fingerprint density at radius 1 is 1.50 bits per heavy atom. The van der Waals surface area contributed by atoms with Crippen LogP contribution in [0.2, 0.25) is 5.02 Å². The zero-order valence-electron chi connectivity index (χ0n) is 11.1. The van der Waals surface area contributed by atoms with Gasteiger partial charge in [-0.25, -0.2) is 8.42 Å². The van der Waals surface area contributed by atoms with Crippen LogP contribution < -0.4 is 10.6 Å². The molecule has 0 saturated carbocycles. The molecule has 1 fully saturated rings. The van der Waals surface area contributed by atoms with E-state index >= 15 is 0 Å². The predicted molar refractivity (Wildman–Crippen MR) is 78.8 cm³/mol. The minimum Gasteiger partial charge on any atom is -0.325 e. The molecule has 5 nitrogen and oxygen atoms in total. The minimum absolute atomic E-state index is 0.139. The number of amides is 1. The fraction of sp³-hybridized carbons (Fsp3) is 0.462. The van der Waals surface area contributed by atoms with Crippen molar-refractivity contribution in [3.63, 3.8) is 0 Å². The van der Waals surface area contributed by atoms with Gasteiger partial charge in [0, 0.05) is 12.7 Å². The van der Waals surface area contributed by atoms with E-state index in [2.05, 4.69) is 10.6 Å². The van der Waals surface area contributed by atoms with Crippen LogP contribution in [0.3, 0.4) is 0 Å². The van der Waals surface area contributed by atoms with Crippen molar-refractivity contribution in [1.82, 2.24) is 5.32 Å². The van der Waals surface area contributed by atoms with E-state index in [4.69, 9.17) is 11.6 Å². The summed E-state index contributed by atoms with van der Waals surface area (Å²) in [6.45, 7) is 1.77. The molecule has 0 aliphatic carbocycles. The standard InChI is InChI=1S/C13H17ClN2O3S/c1-20(18,19)10-2-3-11(14)12(7-10)16-13(17)6-9-4-5-15-8-9/h2-3,7,9,15H,4-6,8H2,1H3,(H,16,17). The third kappa shape index (κ3) is 3.94. The van der Waals surface area contributed by atoms with E-state index < -0.39 is 9.84 Å². The first-order valence-electron chi connectivity index (χ1n) is 6.36. The van der Waals surface area contributed by atoms with E-state index in [0.717, 1.165) is 25.8 Å². The summed E-state index contributed by atoms with van der Waals surface area (Å²) >= 11 is 5.99. The number of halogens is 1. The van der Waals surface area contributed by atoms with Gasteiger partial charge in [0.25, 0.3) is 0 Å². The van der Waals surface area contributed by atoms with Crippen molar-refractivity contribution in [2.75, 3.05) is 24.7 Å². The topological polar surface area (TPSA) is 75.3 Å². The summed E-state index contributed by atoms with van der Waals surface area (Å²) in [5, 5.41) is 6.21. The van der Waals surface area contributed by atoms with Crippen molar-refractivity contribution in [2.45, 2.75) is 17.7 Å². The van der Waals surface area contributed by atoms with Gasteiger partial charge >= 0.3 is 0 Å². The molecule has 20 heavy (non-hydrogen) atoms. The molecule has 1 aliphatic rings. The van der Waals surface area contributed by atoms with Crippen LogP contribution in [0.25, 0.3) is 0 Å². The zero-order chi connectivity index (χ0) is 14.8. The van der Waals surface area contributed by atoms with E-state index in [1.807, 2.05) is 0 Å². The molecule has 1 aliphatic heterocycles. The van der Waals surface area contributed by atoms with Crippen LogP contribution in [0.4, 0.5) is 5.69 Å². The first-order chi connectivity index (χ1) is 9.36. The Kier molecular flexibility index (Phi) is 4.67. The first-order valence-corrected chi connectivity index (χ1v) is 8.63. The van der Waals surface area contributed by atoms with Gasteiger partial charge in [0.15, 0.2) is 9.84 Å². The SMILES string of the molecule is CS(=O)(=O)c1ccc(Cl)c(NC(=O)CC2CCNC2)c1. The second kappa shape index (κ2) is 6.11. The van der Waals surface area contributed by atoms with Crippen LogP contribution in [0.5, 0.6) is 0 Å². The molecule has 110 valence electrons. The van der Waals surface area contributed by atoms with Crippen molar-refractivity contribution >= 4 is 33.0 Å². The van der Waals surface area contributed by atoms with Gasteiger partial charge in [0.05, 0.1) is 15.6 Å². The molecule has 2 rings (SSSR count). The fourth-order valence-corrected chi connectivity index (χ4v) is 2.99. The maximum atomic E-state index is 11.9. The molecule has 1 atom stereocenters. The highest BCUT2D eigenvalue weighted by Crippen LogP contribution is 2.26. The average molecular weight is 317 g/mol. The molecule has 0 spiro atoms. The Morgan fingerprint density at radius 3 is 2.85 bits per heavy atom. The number of nitrogens with one attached hydrogen (secondary N) is 2. The summed E-state index contributed by atoms with van der Waals surface area (Å²) in [7, 11) is -3.32. The molecular weight excluding hydrogens is 300 g/mol. The highest BCUT2D eigenvalue weighted by Gasteiger charge is 2.19. The molecule has 7 heteroatoms. The van der Waals surface area contributed by atoms with Gasteiger partial charge in [-0.05, 0) is 43.6 Å². The van der Waals surface area contributed by atoms with Gasteiger partial charge in [-0.15, -0.1) is 0 Å². The predicted octanol–water partition coefficient (Wildman–Crippen LogP) is 1.68. The number of rotatable bonds is 4. The minimum atomic E-state index is -3.32. The largest absolute Gasteiger partial charge is 0.325 e. The van der Waals surface area contributed by atoms with Crippen molar-refractivity contribution in [2.24, 2.45) is 5.92 Å². The Hall–Kier alpha value is -1.11. The van der Waals surface area contributed by atoms with E-state index in [0.29, 0.717) is 23.0 Å². The summed E-state index contributed by atoms with van der Waals surface area (Å²) in [4.78, 5) is 12.1. The van der Waals surface area contributed by atoms with Gasteiger partial charge in [0.1, 0.15) is 0 Å². The molecule has 0 aromatic heterocycles. The maximum absolute atomic E-state index is 11.9. The number of carbonyl (C=O) groups is 1. The number of hydrogen-bond donors (Lipinski definition) is 2. The van der Waals surface area contributed by atoms with Crippen molar-refractivity contribution < 1.29 is 13.2 Å². The van der Waals surface area contributed by atoms with Gasteiger partial charge in [-0.3, -0.25) is 4.79 Å². The monoisotopic (exact) mass is 316 g/mol. The maximum Gasteiger partial charge on any atom is 0.224 e. The van der Waals surface area contributed by atoms with Crippen molar-refractivity contribution in [1.29, 1.82) is 0 Å². The van der Waals surface area contributed by atoms with Crippen LogP contribution in [0.1, 0.15) is 12.8 Å². The molecule has 0 bridgehead atoms. The summed E-state index contributed by atoms with van der Waals surface area (Å²) in [6.07, 6.45) is 2.50. The van der Waals surface area contributed by atoms with Crippen LogP contribution >= 0.6 is 11.6 Å². The number of anilines is 1. The van der Waals surface area contributed by atoms with Crippen LogP contribution in [0, 0.1) is 5.92 Å². The van der Waals surface area contributed by atoms with Crippen LogP contribution in [0.15, 0.2) is 23.1 Å². The van der Waals surface area contributed by atoms with Gasteiger partial charge < -0.3 is 10.6 Å². The lowest BCUT2D eigenvalue weighted by molar-refractivity contribution is -0.116. The second-order valence-electron chi connectivity index (χ2n) is 5.02. The summed E-state index contributed by atoms with van der Waals surface area (Å²) in [5.41, 5.74) is 0.338. The lowest BCUT2D eigenvalue weighted by Gasteiger charge is -2.11. The summed E-state index contributed by atoms with van der Waals surface area (Å²) < 4.78 is 23.0.